The first kappa shape index (κ1) is 15.4. The van der Waals surface area contributed by atoms with Crippen molar-refractivity contribution in [1.82, 2.24) is 0 Å². The molecule has 0 amide bonds. The summed E-state index contributed by atoms with van der Waals surface area (Å²) in [7, 11) is 1.82. The second-order valence-corrected chi connectivity index (χ2v) is 3.50. The van der Waals surface area contributed by atoms with Crippen molar-refractivity contribution < 1.29 is 4.74 Å². The minimum Gasteiger partial charge on any atom is -0.381 e. The van der Waals surface area contributed by atoms with Crippen molar-refractivity contribution in [3.63, 3.8) is 0 Å². The van der Waals surface area contributed by atoms with E-state index in [1.54, 1.807) is 0 Å². The Labute approximate surface area is 84.9 Å². The highest BCUT2D eigenvalue weighted by molar-refractivity contribution is 4.70. The highest BCUT2D eigenvalue weighted by Crippen LogP contribution is 2.22. The second-order valence-electron chi connectivity index (χ2n) is 3.50. The van der Waals surface area contributed by atoms with Gasteiger partial charge in [0.15, 0.2) is 0 Å². The van der Waals surface area contributed by atoms with E-state index in [9.17, 15) is 0 Å². The zero-order valence-electron chi connectivity index (χ0n) is 10.6. The standard InChI is InChI=1S/C10H22O.C2H6/c1-6-9(8(3)4)10(7-2)11-5;1-2/h8-10H,6-7H2,1-5H3;1-2H3. The van der Waals surface area contributed by atoms with Crippen LogP contribution in [0.2, 0.25) is 0 Å². The molecule has 82 valence electrons. The summed E-state index contributed by atoms with van der Waals surface area (Å²) in [6.45, 7) is 13.0. The lowest BCUT2D eigenvalue weighted by Crippen LogP contribution is -2.25. The SMILES string of the molecule is CC.CCC(OC)C(CC)C(C)C. The number of rotatable bonds is 5. The molecule has 0 rings (SSSR count). The molecule has 0 N–H and O–H groups in total. The van der Waals surface area contributed by atoms with Gasteiger partial charge in [-0.3, -0.25) is 0 Å². The Kier molecular flexibility index (Phi) is 11.9. The molecule has 0 aromatic carbocycles. The summed E-state index contributed by atoms with van der Waals surface area (Å²) in [5, 5.41) is 0. The third kappa shape index (κ3) is 6.09. The third-order valence-electron chi connectivity index (χ3n) is 2.51. The fourth-order valence-corrected chi connectivity index (χ4v) is 1.81. The highest BCUT2D eigenvalue weighted by Gasteiger charge is 2.20. The van der Waals surface area contributed by atoms with Crippen molar-refractivity contribution in [3.8, 4) is 0 Å². The van der Waals surface area contributed by atoms with Crippen LogP contribution in [0, 0.1) is 11.8 Å². The van der Waals surface area contributed by atoms with Crippen LogP contribution in [0.5, 0.6) is 0 Å². The van der Waals surface area contributed by atoms with Gasteiger partial charge in [0, 0.05) is 7.11 Å². The molecular formula is C12H28O. The summed E-state index contributed by atoms with van der Waals surface area (Å²) in [5.41, 5.74) is 0. The molecule has 0 aliphatic carbocycles. The Morgan fingerprint density at radius 3 is 1.54 bits per heavy atom. The van der Waals surface area contributed by atoms with Gasteiger partial charge in [-0.2, -0.15) is 0 Å². The van der Waals surface area contributed by atoms with Gasteiger partial charge < -0.3 is 4.74 Å². The van der Waals surface area contributed by atoms with E-state index in [1.807, 2.05) is 21.0 Å². The first-order valence-corrected chi connectivity index (χ1v) is 5.70. The van der Waals surface area contributed by atoms with Gasteiger partial charge in [-0.05, 0) is 18.3 Å². The summed E-state index contributed by atoms with van der Waals surface area (Å²) in [4.78, 5) is 0. The quantitative estimate of drug-likeness (QED) is 0.630. The number of ether oxygens (including phenoxy) is 1. The molecule has 0 spiro atoms. The molecule has 0 fully saturated rings. The maximum atomic E-state index is 5.41. The molecular weight excluding hydrogens is 160 g/mol. The molecule has 0 radical (unpaired) electrons. The minimum atomic E-state index is 0.458. The molecule has 0 aromatic heterocycles. The zero-order valence-corrected chi connectivity index (χ0v) is 10.6. The van der Waals surface area contributed by atoms with Crippen molar-refractivity contribution in [2.75, 3.05) is 7.11 Å². The predicted molar refractivity (Wildman–Crippen MR) is 61.1 cm³/mol. The van der Waals surface area contributed by atoms with E-state index in [0.29, 0.717) is 6.10 Å². The molecule has 0 aliphatic heterocycles. The average Bonchev–Trinajstić information content (AvgIpc) is 2.16. The van der Waals surface area contributed by atoms with E-state index >= 15 is 0 Å². The van der Waals surface area contributed by atoms with Crippen LogP contribution in [0.4, 0.5) is 0 Å². The molecule has 0 aromatic rings. The molecule has 0 bridgehead atoms. The number of methoxy groups -OCH3 is 1. The maximum absolute atomic E-state index is 5.41. The van der Waals surface area contributed by atoms with Gasteiger partial charge in [0.2, 0.25) is 0 Å². The summed E-state index contributed by atoms with van der Waals surface area (Å²) >= 11 is 0. The Balaban J connectivity index is 0. The van der Waals surface area contributed by atoms with Crippen LogP contribution < -0.4 is 0 Å². The van der Waals surface area contributed by atoms with Gasteiger partial charge in [0.05, 0.1) is 6.10 Å². The monoisotopic (exact) mass is 188 g/mol. The smallest absolute Gasteiger partial charge is 0.0599 e. The van der Waals surface area contributed by atoms with Crippen LogP contribution >= 0.6 is 0 Å². The first-order chi connectivity index (χ1) is 6.17. The lowest BCUT2D eigenvalue weighted by atomic mass is 9.87. The van der Waals surface area contributed by atoms with Crippen molar-refractivity contribution in [2.24, 2.45) is 11.8 Å². The van der Waals surface area contributed by atoms with E-state index < -0.39 is 0 Å². The number of hydrogen-bond acceptors (Lipinski definition) is 1. The summed E-state index contributed by atoms with van der Waals surface area (Å²) in [6, 6.07) is 0. The van der Waals surface area contributed by atoms with E-state index in [1.165, 1.54) is 6.42 Å². The lowest BCUT2D eigenvalue weighted by molar-refractivity contribution is 0.0288. The Bertz CT molecular complexity index is 85.1. The molecule has 1 heteroatoms. The van der Waals surface area contributed by atoms with E-state index in [-0.39, 0.29) is 0 Å². The van der Waals surface area contributed by atoms with E-state index in [0.717, 1.165) is 18.3 Å². The Hall–Kier alpha value is -0.0400. The van der Waals surface area contributed by atoms with Crippen LogP contribution in [0.1, 0.15) is 54.4 Å². The molecule has 1 nitrogen and oxygen atoms in total. The number of hydrogen-bond donors (Lipinski definition) is 0. The van der Waals surface area contributed by atoms with Crippen molar-refractivity contribution >= 4 is 0 Å². The molecule has 2 unspecified atom stereocenters. The van der Waals surface area contributed by atoms with Crippen LogP contribution in [0.25, 0.3) is 0 Å². The molecule has 0 saturated carbocycles. The first-order valence-electron chi connectivity index (χ1n) is 5.70. The summed E-state index contributed by atoms with van der Waals surface area (Å²) in [6.07, 6.45) is 2.82. The molecule has 2 atom stereocenters. The van der Waals surface area contributed by atoms with E-state index in [2.05, 4.69) is 27.7 Å². The minimum absolute atomic E-state index is 0.458. The van der Waals surface area contributed by atoms with Gasteiger partial charge in [-0.15, -0.1) is 0 Å². The van der Waals surface area contributed by atoms with Crippen LogP contribution in [0.15, 0.2) is 0 Å². The maximum Gasteiger partial charge on any atom is 0.0599 e. The van der Waals surface area contributed by atoms with Crippen molar-refractivity contribution in [3.05, 3.63) is 0 Å². The van der Waals surface area contributed by atoms with E-state index in [4.69, 9.17) is 4.74 Å². The second kappa shape index (κ2) is 10.0. The van der Waals surface area contributed by atoms with Gasteiger partial charge in [-0.25, -0.2) is 0 Å². The topological polar surface area (TPSA) is 9.23 Å². The summed E-state index contributed by atoms with van der Waals surface area (Å²) < 4.78 is 5.41. The highest BCUT2D eigenvalue weighted by atomic mass is 16.5. The molecule has 13 heavy (non-hydrogen) atoms. The summed E-state index contributed by atoms with van der Waals surface area (Å²) in [5.74, 6) is 1.47. The van der Waals surface area contributed by atoms with Crippen molar-refractivity contribution in [1.29, 1.82) is 0 Å². The van der Waals surface area contributed by atoms with Gasteiger partial charge in [0.1, 0.15) is 0 Å². The van der Waals surface area contributed by atoms with Gasteiger partial charge in [-0.1, -0.05) is 48.0 Å². The fourth-order valence-electron chi connectivity index (χ4n) is 1.81. The van der Waals surface area contributed by atoms with Gasteiger partial charge in [0.25, 0.3) is 0 Å². The van der Waals surface area contributed by atoms with Crippen LogP contribution in [0.3, 0.4) is 0 Å². The predicted octanol–water partition coefficient (Wildman–Crippen LogP) is 4.12. The Morgan fingerprint density at radius 1 is 1.00 bits per heavy atom. The van der Waals surface area contributed by atoms with Crippen molar-refractivity contribution in [2.45, 2.75) is 60.5 Å². The average molecular weight is 188 g/mol. The van der Waals surface area contributed by atoms with Crippen LogP contribution in [-0.4, -0.2) is 13.2 Å². The molecule has 0 aliphatic rings. The fraction of sp³-hybridized carbons (Fsp3) is 1.00. The lowest BCUT2D eigenvalue weighted by Gasteiger charge is -2.27. The molecule has 0 saturated heterocycles. The Morgan fingerprint density at radius 2 is 1.46 bits per heavy atom. The largest absolute Gasteiger partial charge is 0.381 e. The molecule has 0 heterocycles. The van der Waals surface area contributed by atoms with Crippen LogP contribution in [-0.2, 0) is 4.74 Å². The third-order valence-corrected chi connectivity index (χ3v) is 2.51. The normalized spacial score (nSPS) is 14.8. The van der Waals surface area contributed by atoms with Gasteiger partial charge >= 0.3 is 0 Å². The zero-order chi connectivity index (χ0) is 10.9.